The first-order chi connectivity index (χ1) is 9.67. The third kappa shape index (κ3) is 3.91. The summed E-state index contributed by atoms with van der Waals surface area (Å²) in [4.78, 5) is 13.0. The lowest BCUT2D eigenvalue weighted by Gasteiger charge is -2.05. The van der Waals surface area contributed by atoms with E-state index < -0.39 is 0 Å². The molecule has 1 heterocycles. The summed E-state index contributed by atoms with van der Waals surface area (Å²) >= 11 is 0. The first-order valence-electron chi connectivity index (χ1n) is 6.05. The number of allylic oxidation sites excluding steroid dienone is 1. The number of nitrogens with one attached hydrogen (secondary N) is 1. The Morgan fingerprint density at radius 2 is 2.40 bits per heavy atom. The molecule has 0 spiro atoms. The molecule has 0 fully saturated rings. The zero-order chi connectivity index (χ0) is 14.4. The van der Waals surface area contributed by atoms with Gasteiger partial charge in [0.1, 0.15) is 5.75 Å². The molecule has 1 aromatic carbocycles. The Morgan fingerprint density at radius 1 is 1.55 bits per heavy atom. The van der Waals surface area contributed by atoms with Crippen molar-refractivity contribution in [2.75, 3.05) is 11.9 Å². The predicted molar refractivity (Wildman–Crippen MR) is 73.3 cm³/mol. The van der Waals surface area contributed by atoms with Gasteiger partial charge in [-0.05, 0) is 29.8 Å². The molecule has 1 amide bonds. The van der Waals surface area contributed by atoms with Crippen molar-refractivity contribution in [1.82, 2.24) is 20.2 Å². The van der Waals surface area contributed by atoms with E-state index in [1.165, 1.54) is 4.80 Å². The Hall–Kier alpha value is -2.70. The number of aromatic nitrogens is 4. The SMILES string of the molecule is C=CCn1nnc(NC(=O)COc2cccc(C)c2)n1. The second-order valence-corrected chi connectivity index (χ2v) is 4.11. The molecule has 104 valence electrons. The highest BCUT2D eigenvalue weighted by Crippen LogP contribution is 2.12. The normalized spacial score (nSPS) is 10.1. The van der Waals surface area contributed by atoms with E-state index >= 15 is 0 Å². The first kappa shape index (κ1) is 13.7. The van der Waals surface area contributed by atoms with E-state index in [2.05, 4.69) is 27.3 Å². The maximum Gasteiger partial charge on any atom is 0.270 e. The Morgan fingerprint density at radius 3 is 3.15 bits per heavy atom. The fourth-order valence-corrected chi connectivity index (χ4v) is 1.50. The molecule has 7 nitrogen and oxygen atoms in total. The second-order valence-electron chi connectivity index (χ2n) is 4.11. The highest BCUT2D eigenvalue weighted by atomic mass is 16.5. The minimum absolute atomic E-state index is 0.112. The van der Waals surface area contributed by atoms with Gasteiger partial charge in [-0.1, -0.05) is 23.3 Å². The number of hydrogen-bond acceptors (Lipinski definition) is 5. The van der Waals surface area contributed by atoms with Gasteiger partial charge in [0.05, 0.1) is 6.54 Å². The molecule has 7 heteroatoms. The van der Waals surface area contributed by atoms with Gasteiger partial charge in [0.2, 0.25) is 0 Å². The number of carbonyl (C=O) groups is 1. The van der Waals surface area contributed by atoms with Crippen molar-refractivity contribution in [3.63, 3.8) is 0 Å². The van der Waals surface area contributed by atoms with Gasteiger partial charge in [-0.25, -0.2) is 0 Å². The van der Waals surface area contributed by atoms with Crippen molar-refractivity contribution in [2.45, 2.75) is 13.5 Å². The molecule has 1 N–H and O–H groups in total. The summed E-state index contributed by atoms with van der Waals surface area (Å²) in [7, 11) is 0. The minimum Gasteiger partial charge on any atom is -0.484 e. The van der Waals surface area contributed by atoms with Crippen LogP contribution in [0.3, 0.4) is 0 Å². The Kier molecular flexibility index (Phi) is 4.43. The zero-order valence-corrected chi connectivity index (χ0v) is 11.1. The molecule has 0 aliphatic carbocycles. The lowest BCUT2D eigenvalue weighted by molar-refractivity contribution is -0.118. The molecule has 2 rings (SSSR count). The lowest BCUT2D eigenvalue weighted by Crippen LogP contribution is -2.21. The summed E-state index contributed by atoms with van der Waals surface area (Å²) in [6.07, 6.45) is 1.63. The van der Waals surface area contributed by atoms with Crippen LogP contribution in [0.5, 0.6) is 5.75 Å². The fraction of sp³-hybridized carbons (Fsp3) is 0.231. The van der Waals surface area contributed by atoms with E-state index in [4.69, 9.17) is 4.74 Å². The average molecular weight is 273 g/mol. The van der Waals surface area contributed by atoms with Gasteiger partial charge >= 0.3 is 0 Å². The van der Waals surface area contributed by atoms with E-state index in [1.54, 1.807) is 12.1 Å². The highest BCUT2D eigenvalue weighted by Gasteiger charge is 2.08. The number of tetrazole rings is 1. The maximum absolute atomic E-state index is 11.7. The number of anilines is 1. The molecule has 2 aromatic rings. The summed E-state index contributed by atoms with van der Waals surface area (Å²) in [6.45, 7) is 5.83. The predicted octanol–water partition coefficient (Wildman–Crippen LogP) is 1.19. The number of aryl methyl sites for hydroxylation is 1. The van der Waals surface area contributed by atoms with Gasteiger partial charge < -0.3 is 4.74 Å². The third-order valence-electron chi connectivity index (χ3n) is 2.36. The molecule has 0 saturated heterocycles. The first-order valence-corrected chi connectivity index (χ1v) is 6.05. The van der Waals surface area contributed by atoms with Crippen molar-refractivity contribution in [1.29, 1.82) is 0 Å². The van der Waals surface area contributed by atoms with Crippen molar-refractivity contribution >= 4 is 11.9 Å². The summed E-state index contributed by atoms with van der Waals surface area (Å²) in [5.41, 5.74) is 1.07. The Bertz CT molecular complexity index is 608. The van der Waals surface area contributed by atoms with Crippen LogP contribution in [0, 0.1) is 6.92 Å². The summed E-state index contributed by atoms with van der Waals surface area (Å²) in [5.74, 6) is 0.442. The van der Waals surface area contributed by atoms with Gasteiger partial charge in [0.25, 0.3) is 11.9 Å². The van der Waals surface area contributed by atoms with Crippen LogP contribution in [0.2, 0.25) is 0 Å². The van der Waals surface area contributed by atoms with Crippen molar-refractivity contribution in [3.05, 3.63) is 42.5 Å². The number of hydrogen-bond donors (Lipinski definition) is 1. The molecule has 0 radical (unpaired) electrons. The van der Waals surface area contributed by atoms with Gasteiger partial charge in [-0.2, -0.15) is 4.80 Å². The van der Waals surface area contributed by atoms with Crippen molar-refractivity contribution in [2.24, 2.45) is 0 Å². The van der Waals surface area contributed by atoms with Crippen molar-refractivity contribution in [3.8, 4) is 5.75 Å². The van der Waals surface area contributed by atoms with Gasteiger partial charge in [0, 0.05) is 0 Å². The van der Waals surface area contributed by atoms with E-state index in [9.17, 15) is 4.79 Å². The molecule has 0 bridgehead atoms. The third-order valence-corrected chi connectivity index (χ3v) is 2.36. The van der Waals surface area contributed by atoms with Crippen LogP contribution < -0.4 is 10.1 Å². The van der Waals surface area contributed by atoms with Crippen LogP contribution >= 0.6 is 0 Å². The Labute approximate surface area is 116 Å². The van der Waals surface area contributed by atoms with Crippen LogP contribution in [-0.4, -0.2) is 32.7 Å². The van der Waals surface area contributed by atoms with Crippen LogP contribution in [0.1, 0.15) is 5.56 Å². The van der Waals surface area contributed by atoms with Gasteiger partial charge in [-0.3, -0.25) is 10.1 Å². The van der Waals surface area contributed by atoms with E-state index in [0.717, 1.165) is 5.56 Å². The summed E-state index contributed by atoms with van der Waals surface area (Å²) in [5, 5.41) is 13.9. The number of amides is 1. The lowest BCUT2D eigenvalue weighted by atomic mass is 10.2. The quantitative estimate of drug-likeness (QED) is 0.799. The van der Waals surface area contributed by atoms with Gasteiger partial charge in [0.15, 0.2) is 6.61 Å². The summed E-state index contributed by atoms with van der Waals surface area (Å²) in [6, 6.07) is 7.46. The Balaban J connectivity index is 1.84. The van der Waals surface area contributed by atoms with Crippen LogP contribution in [0.4, 0.5) is 5.95 Å². The second kappa shape index (κ2) is 6.46. The number of rotatable bonds is 6. The van der Waals surface area contributed by atoms with E-state index in [1.807, 2.05) is 25.1 Å². The molecule has 0 aliphatic heterocycles. The van der Waals surface area contributed by atoms with E-state index in [0.29, 0.717) is 12.3 Å². The number of carbonyl (C=O) groups excluding carboxylic acids is 1. The zero-order valence-electron chi connectivity index (χ0n) is 11.1. The highest BCUT2D eigenvalue weighted by molar-refractivity contribution is 5.90. The molecule has 0 aliphatic rings. The molecule has 0 saturated carbocycles. The maximum atomic E-state index is 11.7. The van der Waals surface area contributed by atoms with Crippen molar-refractivity contribution < 1.29 is 9.53 Å². The molecular weight excluding hydrogens is 258 g/mol. The average Bonchev–Trinajstić information content (AvgIpc) is 2.84. The molecule has 1 aromatic heterocycles. The van der Waals surface area contributed by atoms with Crippen LogP contribution in [0.25, 0.3) is 0 Å². The molecule has 0 unspecified atom stereocenters. The largest absolute Gasteiger partial charge is 0.484 e. The number of ether oxygens (including phenoxy) is 1. The van der Waals surface area contributed by atoms with Crippen LogP contribution in [-0.2, 0) is 11.3 Å². The van der Waals surface area contributed by atoms with E-state index in [-0.39, 0.29) is 18.5 Å². The smallest absolute Gasteiger partial charge is 0.270 e. The molecule has 20 heavy (non-hydrogen) atoms. The standard InChI is InChI=1S/C13H15N5O2/c1-3-7-18-16-13(15-17-18)14-12(19)9-20-11-6-4-5-10(2)8-11/h3-6,8H,1,7,9H2,2H3,(H,14,16,19). The molecular formula is C13H15N5O2. The fourth-order valence-electron chi connectivity index (χ4n) is 1.50. The van der Waals surface area contributed by atoms with Crippen LogP contribution in [0.15, 0.2) is 36.9 Å². The number of nitrogens with zero attached hydrogens (tertiary/aromatic N) is 4. The van der Waals surface area contributed by atoms with Gasteiger partial charge in [-0.15, -0.1) is 11.7 Å². The topological polar surface area (TPSA) is 81.9 Å². The molecule has 0 atom stereocenters. The number of benzene rings is 1. The monoisotopic (exact) mass is 273 g/mol. The minimum atomic E-state index is -0.343. The summed E-state index contributed by atoms with van der Waals surface area (Å²) < 4.78 is 5.36.